The summed E-state index contributed by atoms with van der Waals surface area (Å²) in [7, 11) is 0. The Labute approximate surface area is 182 Å². The summed E-state index contributed by atoms with van der Waals surface area (Å²) in [6, 6.07) is 13.2. The molecule has 0 saturated heterocycles. The van der Waals surface area contributed by atoms with Crippen LogP contribution < -0.4 is 10.1 Å². The zero-order chi connectivity index (χ0) is 23.1. The second-order valence-electron chi connectivity index (χ2n) is 6.86. The third kappa shape index (κ3) is 6.34. The quantitative estimate of drug-likeness (QED) is 0.494. The van der Waals surface area contributed by atoms with Gasteiger partial charge in [-0.05, 0) is 38.1 Å². The van der Waals surface area contributed by atoms with E-state index in [2.05, 4.69) is 20.3 Å². The second-order valence-corrected chi connectivity index (χ2v) is 6.86. The third-order valence-corrected chi connectivity index (χ3v) is 4.35. The van der Waals surface area contributed by atoms with Crippen molar-refractivity contribution in [1.29, 1.82) is 0 Å². The van der Waals surface area contributed by atoms with E-state index in [1.165, 1.54) is 25.1 Å². The fourth-order valence-corrected chi connectivity index (χ4v) is 2.69. The normalized spacial score (nSPS) is 11.8. The first-order valence-corrected chi connectivity index (χ1v) is 9.75. The minimum absolute atomic E-state index is 0.0372. The van der Waals surface area contributed by atoms with Crippen molar-refractivity contribution in [3.8, 4) is 17.2 Å². The van der Waals surface area contributed by atoms with Gasteiger partial charge in [-0.1, -0.05) is 29.8 Å². The van der Waals surface area contributed by atoms with Gasteiger partial charge in [-0.25, -0.2) is 0 Å². The summed E-state index contributed by atoms with van der Waals surface area (Å²) in [5, 5.41) is 10.3. The maximum Gasteiger partial charge on any atom is 0.387 e. The minimum atomic E-state index is -3.04. The Hall–Kier alpha value is -3.82. The highest BCUT2D eigenvalue weighted by Crippen LogP contribution is 2.25. The number of rotatable bonds is 9. The molecular formula is C22H21F2N3O5. The van der Waals surface area contributed by atoms with Crippen LogP contribution >= 0.6 is 0 Å². The molecule has 0 fully saturated rings. The number of anilines is 1. The number of carbonyl (C=O) groups is 2. The molecule has 0 radical (unpaired) electrons. The molecule has 8 nitrogen and oxygen atoms in total. The van der Waals surface area contributed by atoms with Crippen molar-refractivity contribution >= 4 is 17.6 Å². The summed E-state index contributed by atoms with van der Waals surface area (Å²) in [4.78, 5) is 24.4. The Morgan fingerprint density at radius 3 is 2.53 bits per heavy atom. The number of carbonyl (C=O) groups excluding carboxylic acids is 2. The average Bonchev–Trinajstić information content (AvgIpc) is 3.23. The van der Waals surface area contributed by atoms with E-state index in [4.69, 9.17) is 9.15 Å². The molecule has 0 saturated carbocycles. The van der Waals surface area contributed by atoms with Crippen molar-refractivity contribution in [2.24, 2.45) is 0 Å². The summed E-state index contributed by atoms with van der Waals surface area (Å²) >= 11 is 0. The van der Waals surface area contributed by atoms with Gasteiger partial charge < -0.3 is 19.2 Å². The number of hydrogen-bond donors (Lipinski definition) is 1. The first-order valence-electron chi connectivity index (χ1n) is 9.75. The number of alkyl halides is 2. The summed E-state index contributed by atoms with van der Waals surface area (Å²) in [5.74, 6) is -0.948. The van der Waals surface area contributed by atoms with Gasteiger partial charge in [-0.3, -0.25) is 9.59 Å². The SMILES string of the molecule is Cc1ccc(-c2nnc(CCC(=O)OC(C)C(=O)Nc3ccccc3OC(F)F)o2)cc1. The number of halogens is 2. The minimum Gasteiger partial charge on any atom is -0.453 e. The molecule has 1 N–H and O–H groups in total. The van der Waals surface area contributed by atoms with Gasteiger partial charge in [0.05, 0.1) is 12.1 Å². The molecule has 0 aliphatic carbocycles. The monoisotopic (exact) mass is 445 g/mol. The predicted molar refractivity (Wildman–Crippen MR) is 110 cm³/mol. The topological polar surface area (TPSA) is 104 Å². The van der Waals surface area contributed by atoms with Crippen LogP contribution in [0.25, 0.3) is 11.5 Å². The lowest BCUT2D eigenvalue weighted by Crippen LogP contribution is -2.30. The Balaban J connectivity index is 1.50. The second kappa shape index (κ2) is 10.5. The van der Waals surface area contributed by atoms with E-state index >= 15 is 0 Å². The Morgan fingerprint density at radius 1 is 1.09 bits per heavy atom. The molecule has 32 heavy (non-hydrogen) atoms. The molecule has 168 valence electrons. The number of esters is 1. The van der Waals surface area contributed by atoms with E-state index in [0.29, 0.717) is 5.89 Å². The predicted octanol–water partition coefficient (Wildman–Crippen LogP) is 4.15. The number of ether oxygens (including phenoxy) is 2. The number of aryl methyl sites for hydroxylation is 2. The van der Waals surface area contributed by atoms with Gasteiger partial charge in [0.25, 0.3) is 5.91 Å². The van der Waals surface area contributed by atoms with Gasteiger partial charge in [0, 0.05) is 12.0 Å². The first kappa shape index (κ1) is 22.9. The van der Waals surface area contributed by atoms with Gasteiger partial charge in [0.2, 0.25) is 11.8 Å². The zero-order valence-electron chi connectivity index (χ0n) is 17.4. The maximum absolute atomic E-state index is 12.5. The van der Waals surface area contributed by atoms with Crippen LogP contribution in [-0.2, 0) is 20.7 Å². The summed E-state index contributed by atoms with van der Waals surface area (Å²) in [5.41, 5.74) is 1.90. The molecule has 3 aromatic rings. The number of benzene rings is 2. The van der Waals surface area contributed by atoms with Gasteiger partial charge in [-0.15, -0.1) is 10.2 Å². The molecule has 0 aliphatic rings. The van der Waals surface area contributed by atoms with Gasteiger partial charge in [0.1, 0.15) is 5.75 Å². The van der Waals surface area contributed by atoms with E-state index in [1.54, 1.807) is 6.07 Å². The molecule has 3 rings (SSSR count). The number of aromatic nitrogens is 2. The van der Waals surface area contributed by atoms with E-state index in [0.717, 1.165) is 11.1 Å². The van der Waals surface area contributed by atoms with Crippen LogP contribution in [0.4, 0.5) is 14.5 Å². The van der Waals surface area contributed by atoms with Crippen LogP contribution in [0.1, 0.15) is 24.8 Å². The molecule has 10 heteroatoms. The molecule has 1 aromatic heterocycles. The standard InChI is InChI=1S/C22H21F2N3O5/c1-13-7-9-15(10-8-13)21-27-26-18(32-21)11-12-19(28)30-14(2)20(29)25-16-5-3-4-6-17(16)31-22(23)24/h3-10,14,22H,11-12H2,1-2H3,(H,25,29). The molecule has 1 unspecified atom stereocenters. The summed E-state index contributed by atoms with van der Waals surface area (Å²) in [6.45, 7) is 0.289. The Morgan fingerprint density at radius 2 is 1.81 bits per heavy atom. The lowest BCUT2D eigenvalue weighted by Gasteiger charge is -2.15. The zero-order valence-corrected chi connectivity index (χ0v) is 17.4. The number of nitrogens with one attached hydrogen (secondary N) is 1. The van der Waals surface area contributed by atoms with Crippen molar-refractivity contribution in [3.63, 3.8) is 0 Å². The molecule has 1 amide bonds. The van der Waals surface area contributed by atoms with Crippen LogP contribution in [0, 0.1) is 6.92 Å². The summed E-state index contributed by atoms with van der Waals surface area (Å²) < 4.78 is 40.0. The van der Waals surface area contributed by atoms with Crippen molar-refractivity contribution < 1.29 is 32.3 Å². The number of nitrogens with zero attached hydrogens (tertiary/aromatic N) is 2. The first-order chi connectivity index (χ1) is 15.3. The van der Waals surface area contributed by atoms with Crippen molar-refractivity contribution in [3.05, 3.63) is 60.0 Å². The fourth-order valence-electron chi connectivity index (χ4n) is 2.69. The van der Waals surface area contributed by atoms with Crippen molar-refractivity contribution in [2.45, 2.75) is 39.4 Å². The largest absolute Gasteiger partial charge is 0.453 e. The summed E-state index contributed by atoms with van der Waals surface area (Å²) in [6.07, 6.45) is -1.11. The number of amides is 1. The highest BCUT2D eigenvalue weighted by atomic mass is 19.3. The fraction of sp³-hybridized carbons (Fsp3) is 0.273. The third-order valence-electron chi connectivity index (χ3n) is 4.35. The molecule has 0 aliphatic heterocycles. The lowest BCUT2D eigenvalue weighted by atomic mass is 10.1. The van der Waals surface area contributed by atoms with E-state index in [9.17, 15) is 18.4 Å². The van der Waals surface area contributed by atoms with Crippen LogP contribution in [0.5, 0.6) is 5.75 Å². The molecule has 1 atom stereocenters. The molecule has 2 aromatic carbocycles. The average molecular weight is 445 g/mol. The molecule has 0 bridgehead atoms. The molecule has 1 heterocycles. The molecule has 0 spiro atoms. The van der Waals surface area contributed by atoms with Crippen LogP contribution in [0.2, 0.25) is 0 Å². The van der Waals surface area contributed by atoms with Crippen molar-refractivity contribution in [1.82, 2.24) is 10.2 Å². The van der Waals surface area contributed by atoms with Gasteiger partial charge in [-0.2, -0.15) is 8.78 Å². The number of hydrogen-bond acceptors (Lipinski definition) is 7. The highest BCUT2D eigenvalue weighted by Gasteiger charge is 2.20. The van der Waals surface area contributed by atoms with Crippen molar-refractivity contribution in [2.75, 3.05) is 5.32 Å². The van der Waals surface area contributed by atoms with Crippen LogP contribution in [-0.4, -0.2) is 34.8 Å². The molecular weight excluding hydrogens is 424 g/mol. The van der Waals surface area contributed by atoms with E-state index < -0.39 is 24.6 Å². The van der Waals surface area contributed by atoms with Crippen LogP contribution in [0.15, 0.2) is 52.9 Å². The maximum atomic E-state index is 12.5. The lowest BCUT2D eigenvalue weighted by molar-refractivity contribution is -0.153. The highest BCUT2D eigenvalue weighted by molar-refractivity contribution is 5.96. The Kier molecular flexibility index (Phi) is 7.48. The van der Waals surface area contributed by atoms with E-state index in [1.807, 2.05) is 31.2 Å². The van der Waals surface area contributed by atoms with Gasteiger partial charge in [0.15, 0.2) is 6.10 Å². The smallest absolute Gasteiger partial charge is 0.387 e. The van der Waals surface area contributed by atoms with Gasteiger partial charge >= 0.3 is 12.6 Å². The Bertz CT molecular complexity index is 1070. The number of para-hydroxylation sites is 2. The van der Waals surface area contributed by atoms with Crippen LogP contribution in [0.3, 0.4) is 0 Å². The van der Waals surface area contributed by atoms with E-state index in [-0.39, 0.29) is 30.2 Å².